The topological polar surface area (TPSA) is 70.7 Å². The summed E-state index contributed by atoms with van der Waals surface area (Å²) in [5.41, 5.74) is 0. The molecule has 0 radical (unpaired) electrons. The summed E-state index contributed by atoms with van der Waals surface area (Å²) in [7, 11) is 0. The van der Waals surface area contributed by atoms with Gasteiger partial charge in [0.1, 0.15) is 0 Å². The van der Waals surface area contributed by atoms with Gasteiger partial charge in [-0.1, -0.05) is 0 Å². The number of carbonyl (C=O) groups is 2. The van der Waals surface area contributed by atoms with E-state index in [9.17, 15) is 9.59 Å². The molecule has 2 aliphatic rings. The van der Waals surface area contributed by atoms with Crippen LogP contribution in [0.5, 0.6) is 0 Å². The summed E-state index contributed by atoms with van der Waals surface area (Å²) in [6, 6.07) is 0. The van der Waals surface area contributed by atoms with E-state index in [1.54, 1.807) is 6.92 Å². The Morgan fingerprint density at radius 1 is 1.30 bits per heavy atom. The van der Waals surface area contributed by atoms with Crippen LogP contribution in [0.1, 0.15) is 19.8 Å². The van der Waals surface area contributed by atoms with Crippen molar-refractivity contribution in [2.24, 2.45) is 11.8 Å². The monoisotopic (exact) mass is 283 g/mol. The standard InChI is InChI=1S/C14H25N3O3/c1-2-20-14(19)4-3-5-16-13(18)10-17-8-11-6-15-7-12(11)9-17/h11-12,15H,2-10H2,1H3,(H,16,18). The van der Waals surface area contributed by atoms with E-state index >= 15 is 0 Å². The molecule has 0 spiro atoms. The van der Waals surface area contributed by atoms with E-state index in [0.717, 1.165) is 26.2 Å². The highest BCUT2D eigenvalue weighted by atomic mass is 16.5. The Hall–Kier alpha value is -1.14. The maximum absolute atomic E-state index is 11.8. The summed E-state index contributed by atoms with van der Waals surface area (Å²) in [5, 5.41) is 6.26. The minimum Gasteiger partial charge on any atom is -0.466 e. The normalized spacial score (nSPS) is 25.4. The highest BCUT2D eigenvalue weighted by Gasteiger charge is 2.36. The zero-order valence-corrected chi connectivity index (χ0v) is 12.2. The summed E-state index contributed by atoms with van der Waals surface area (Å²) in [6.07, 6.45) is 1.01. The molecule has 0 saturated carbocycles. The highest BCUT2D eigenvalue weighted by Crippen LogP contribution is 2.25. The fourth-order valence-corrected chi connectivity index (χ4v) is 3.03. The lowest BCUT2D eigenvalue weighted by Gasteiger charge is -2.16. The van der Waals surface area contributed by atoms with E-state index in [0.29, 0.717) is 44.4 Å². The Labute approximate surface area is 120 Å². The van der Waals surface area contributed by atoms with E-state index in [1.807, 2.05) is 0 Å². The van der Waals surface area contributed by atoms with Crippen molar-refractivity contribution in [2.45, 2.75) is 19.8 Å². The van der Waals surface area contributed by atoms with Gasteiger partial charge in [-0.3, -0.25) is 14.5 Å². The highest BCUT2D eigenvalue weighted by molar-refractivity contribution is 5.78. The first kappa shape index (κ1) is 15.3. The smallest absolute Gasteiger partial charge is 0.305 e. The number of hydrogen-bond acceptors (Lipinski definition) is 5. The number of hydrogen-bond donors (Lipinski definition) is 2. The van der Waals surface area contributed by atoms with Crippen LogP contribution in [0, 0.1) is 11.8 Å². The van der Waals surface area contributed by atoms with E-state index in [1.165, 1.54) is 0 Å². The van der Waals surface area contributed by atoms with Crippen LogP contribution in [0.2, 0.25) is 0 Å². The Morgan fingerprint density at radius 2 is 2.00 bits per heavy atom. The van der Waals surface area contributed by atoms with Crippen molar-refractivity contribution in [3.63, 3.8) is 0 Å². The molecule has 0 bridgehead atoms. The van der Waals surface area contributed by atoms with Crippen molar-refractivity contribution in [1.82, 2.24) is 15.5 Å². The molecule has 6 heteroatoms. The average molecular weight is 283 g/mol. The Morgan fingerprint density at radius 3 is 2.65 bits per heavy atom. The molecule has 2 fully saturated rings. The molecule has 1 amide bonds. The zero-order chi connectivity index (χ0) is 14.4. The molecule has 0 aromatic carbocycles. The SMILES string of the molecule is CCOC(=O)CCCNC(=O)CN1CC2CNCC2C1. The first-order chi connectivity index (χ1) is 9.69. The van der Waals surface area contributed by atoms with Crippen LogP contribution in [-0.4, -0.2) is 62.7 Å². The zero-order valence-electron chi connectivity index (χ0n) is 12.2. The first-order valence-electron chi connectivity index (χ1n) is 7.54. The van der Waals surface area contributed by atoms with Gasteiger partial charge in [0.15, 0.2) is 0 Å². The second-order valence-electron chi connectivity index (χ2n) is 5.63. The van der Waals surface area contributed by atoms with E-state index in [4.69, 9.17) is 4.74 Å². The largest absolute Gasteiger partial charge is 0.466 e. The molecule has 2 N–H and O–H groups in total. The van der Waals surface area contributed by atoms with Gasteiger partial charge in [-0.25, -0.2) is 0 Å². The number of amides is 1. The number of likely N-dealkylation sites (tertiary alicyclic amines) is 1. The lowest BCUT2D eigenvalue weighted by Crippen LogP contribution is -2.37. The molecule has 0 aromatic rings. The third kappa shape index (κ3) is 4.45. The van der Waals surface area contributed by atoms with Crippen LogP contribution < -0.4 is 10.6 Å². The Balaban J connectivity index is 1.54. The van der Waals surface area contributed by atoms with Gasteiger partial charge < -0.3 is 15.4 Å². The van der Waals surface area contributed by atoms with E-state index in [2.05, 4.69) is 15.5 Å². The number of rotatable bonds is 7. The molecule has 0 aromatic heterocycles. The van der Waals surface area contributed by atoms with Crippen LogP contribution >= 0.6 is 0 Å². The van der Waals surface area contributed by atoms with Crippen molar-refractivity contribution in [1.29, 1.82) is 0 Å². The third-order valence-electron chi connectivity index (χ3n) is 4.02. The molecular weight excluding hydrogens is 258 g/mol. The summed E-state index contributed by atoms with van der Waals surface area (Å²) in [4.78, 5) is 25.2. The number of esters is 1. The summed E-state index contributed by atoms with van der Waals surface area (Å²) in [5.74, 6) is 1.29. The predicted octanol–water partition coefficient (Wildman–Crippen LogP) is -0.403. The Kier molecular flexibility index (Phi) is 5.79. The van der Waals surface area contributed by atoms with Crippen LogP contribution in [-0.2, 0) is 14.3 Å². The van der Waals surface area contributed by atoms with Crippen molar-refractivity contribution >= 4 is 11.9 Å². The van der Waals surface area contributed by atoms with Gasteiger partial charge in [-0.2, -0.15) is 0 Å². The second kappa shape index (κ2) is 7.59. The van der Waals surface area contributed by atoms with Gasteiger partial charge in [-0.15, -0.1) is 0 Å². The number of nitrogens with zero attached hydrogens (tertiary/aromatic N) is 1. The molecule has 2 heterocycles. The molecule has 2 atom stereocenters. The van der Waals surface area contributed by atoms with Crippen LogP contribution in [0.15, 0.2) is 0 Å². The average Bonchev–Trinajstić information content (AvgIpc) is 2.95. The molecule has 2 unspecified atom stereocenters. The molecule has 2 saturated heterocycles. The van der Waals surface area contributed by atoms with Gasteiger partial charge in [0, 0.05) is 26.1 Å². The fraction of sp³-hybridized carbons (Fsp3) is 0.857. The van der Waals surface area contributed by atoms with Gasteiger partial charge in [0.2, 0.25) is 5.91 Å². The van der Waals surface area contributed by atoms with Crippen LogP contribution in [0.25, 0.3) is 0 Å². The molecule has 2 rings (SSSR count). The lowest BCUT2D eigenvalue weighted by molar-refractivity contribution is -0.143. The molecule has 6 nitrogen and oxygen atoms in total. The van der Waals surface area contributed by atoms with Crippen molar-refractivity contribution in [2.75, 3.05) is 45.9 Å². The Bertz CT molecular complexity index is 337. The number of ether oxygens (including phenoxy) is 1. The molecule has 114 valence electrons. The number of fused-ring (bicyclic) bond motifs is 1. The van der Waals surface area contributed by atoms with E-state index < -0.39 is 0 Å². The van der Waals surface area contributed by atoms with E-state index in [-0.39, 0.29) is 11.9 Å². The summed E-state index contributed by atoms with van der Waals surface area (Å²) >= 11 is 0. The minimum absolute atomic E-state index is 0.0572. The maximum atomic E-state index is 11.8. The molecule has 0 aliphatic carbocycles. The maximum Gasteiger partial charge on any atom is 0.305 e. The third-order valence-corrected chi connectivity index (χ3v) is 4.02. The van der Waals surface area contributed by atoms with Gasteiger partial charge >= 0.3 is 5.97 Å². The van der Waals surface area contributed by atoms with Crippen LogP contribution in [0.4, 0.5) is 0 Å². The quantitative estimate of drug-likeness (QED) is 0.491. The molecular formula is C14H25N3O3. The second-order valence-corrected chi connectivity index (χ2v) is 5.63. The first-order valence-corrected chi connectivity index (χ1v) is 7.54. The predicted molar refractivity (Wildman–Crippen MR) is 75.2 cm³/mol. The molecule has 2 aliphatic heterocycles. The van der Waals surface area contributed by atoms with Gasteiger partial charge in [-0.05, 0) is 38.3 Å². The van der Waals surface area contributed by atoms with Crippen LogP contribution in [0.3, 0.4) is 0 Å². The summed E-state index contributed by atoms with van der Waals surface area (Å²) in [6.45, 7) is 7.44. The van der Waals surface area contributed by atoms with Gasteiger partial charge in [0.25, 0.3) is 0 Å². The summed E-state index contributed by atoms with van der Waals surface area (Å²) < 4.78 is 4.83. The fourth-order valence-electron chi connectivity index (χ4n) is 3.03. The van der Waals surface area contributed by atoms with Crippen molar-refractivity contribution in [3.8, 4) is 0 Å². The van der Waals surface area contributed by atoms with Crippen molar-refractivity contribution in [3.05, 3.63) is 0 Å². The molecule has 20 heavy (non-hydrogen) atoms. The number of carbonyl (C=O) groups excluding carboxylic acids is 2. The number of nitrogens with one attached hydrogen (secondary N) is 2. The minimum atomic E-state index is -0.193. The van der Waals surface area contributed by atoms with Gasteiger partial charge in [0.05, 0.1) is 13.2 Å². The lowest BCUT2D eigenvalue weighted by atomic mass is 10.0. The van der Waals surface area contributed by atoms with Crippen molar-refractivity contribution < 1.29 is 14.3 Å².